The van der Waals surface area contributed by atoms with Crippen molar-refractivity contribution < 1.29 is 27.7 Å². The molecule has 1 aromatic rings. The first kappa shape index (κ1) is 16.8. The molecule has 7 nitrogen and oxygen atoms in total. The lowest BCUT2D eigenvalue weighted by Crippen LogP contribution is -2.37. The van der Waals surface area contributed by atoms with Crippen molar-refractivity contribution in [1.29, 1.82) is 0 Å². The fourth-order valence-corrected chi connectivity index (χ4v) is 2.27. The van der Waals surface area contributed by atoms with E-state index in [4.69, 9.17) is 0 Å². The number of carbonyl (C=O) groups is 1. The summed E-state index contributed by atoms with van der Waals surface area (Å²) in [5, 5.41) is 10.9. The van der Waals surface area contributed by atoms with Crippen LogP contribution in [0.15, 0.2) is 18.2 Å². The lowest BCUT2D eigenvalue weighted by atomic mass is 10.1. The molecule has 0 unspecified atom stereocenters. The molecule has 2 rings (SSSR count). The van der Waals surface area contributed by atoms with E-state index in [1.54, 1.807) is 0 Å². The number of nitrogens with zero attached hydrogens (tertiary/aromatic N) is 2. The zero-order valence-corrected chi connectivity index (χ0v) is 11.9. The predicted molar refractivity (Wildman–Crippen MR) is 73.6 cm³/mol. The maximum atomic E-state index is 13.0. The van der Waals surface area contributed by atoms with E-state index in [-0.39, 0.29) is 0 Å². The van der Waals surface area contributed by atoms with Crippen LogP contribution in [0.2, 0.25) is 0 Å². The molecule has 1 saturated heterocycles. The van der Waals surface area contributed by atoms with Crippen LogP contribution < -0.4 is 5.48 Å². The monoisotopic (exact) mass is 333 g/mol. The van der Waals surface area contributed by atoms with Gasteiger partial charge in [-0.15, -0.1) is 0 Å². The normalized spacial score (nSPS) is 15.2. The average Bonchev–Trinajstić information content (AvgIpc) is 2.52. The largest absolute Gasteiger partial charge is 0.434 e. The molecule has 126 valence electrons. The van der Waals surface area contributed by atoms with Gasteiger partial charge in [0, 0.05) is 19.2 Å². The van der Waals surface area contributed by atoms with Gasteiger partial charge in [0.25, 0.3) is 5.69 Å². The van der Waals surface area contributed by atoms with Crippen LogP contribution in [0.25, 0.3) is 0 Å². The molecule has 0 bridgehead atoms. The van der Waals surface area contributed by atoms with E-state index in [9.17, 15) is 28.1 Å². The number of anilines is 1. The predicted octanol–water partition coefficient (Wildman–Crippen LogP) is 3.56. The van der Waals surface area contributed by atoms with Gasteiger partial charge < -0.3 is 9.74 Å². The zero-order valence-electron chi connectivity index (χ0n) is 11.9. The first-order chi connectivity index (χ1) is 10.8. The Morgan fingerprint density at radius 1 is 1.26 bits per heavy atom. The number of hydrogen-bond acceptors (Lipinski definition) is 5. The van der Waals surface area contributed by atoms with Crippen LogP contribution in [0.1, 0.15) is 24.8 Å². The number of nitrogens with one attached hydrogen (secondary N) is 1. The minimum atomic E-state index is -4.83. The summed E-state index contributed by atoms with van der Waals surface area (Å²) >= 11 is 0. The number of hydrogen-bond donors (Lipinski definition) is 1. The van der Waals surface area contributed by atoms with Crippen LogP contribution in [-0.2, 0) is 11.0 Å². The molecular formula is C13H14F3N3O4. The Morgan fingerprint density at radius 2 is 1.91 bits per heavy atom. The summed E-state index contributed by atoms with van der Waals surface area (Å²) in [5.41, 5.74) is -1.19. The van der Waals surface area contributed by atoms with Gasteiger partial charge in [-0.3, -0.25) is 10.1 Å². The quantitative estimate of drug-likeness (QED) is 0.675. The molecule has 1 aliphatic heterocycles. The van der Waals surface area contributed by atoms with Crippen LogP contribution in [0.4, 0.5) is 29.3 Å². The second kappa shape index (κ2) is 6.71. The van der Waals surface area contributed by atoms with Crippen LogP contribution in [0.3, 0.4) is 0 Å². The van der Waals surface area contributed by atoms with Crippen LogP contribution >= 0.6 is 0 Å². The van der Waals surface area contributed by atoms with Crippen molar-refractivity contribution in [3.05, 3.63) is 33.9 Å². The third-order valence-electron chi connectivity index (χ3n) is 3.40. The fraction of sp³-hybridized carbons (Fsp3) is 0.462. The molecule has 1 aliphatic rings. The van der Waals surface area contributed by atoms with E-state index >= 15 is 0 Å². The van der Waals surface area contributed by atoms with E-state index in [1.165, 1.54) is 4.90 Å². The highest BCUT2D eigenvalue weighted by molar-refractivity contribution is 5.72. The number of likely N-dealkylation sites (tertiary alicyclic amines) is 1. The molecule has 1 N–H and O–H groups in total. The second-order valence-electron chi connectivity index (χ2n) is 4.97. The average molecular weight is 333 g/mol. The van der Waals surface area contributed by atoms with Gasteiger partial charge in [-0.1, -0.05) is 6.07 Å². The maximum absolute atomic E-state index is 13.0. The molecule has 1 aromatic carbocycles. The summed E-state index contributed by atoms with van der Waals surface area (Å²) in [4.78, 5) is 27.7. The van der Waals surface area contributed by atoms with E-state index in [0.717, 1.165) is 31.4 Å². The number of halogens is 3. The Balaban J connectivity index is 2.20. The van der Waals surface area contributed by atoms with E-state index in [1.807, 2.05) is 5.48 Å². The second-order valence-corrected chi connectivity index (χ2v) is 4.97. The highest BCUT2D eigenvalue weighted by Crippen LogP contribution is 2.39. The van der Waals surface area contributed by atoms with Crippen LogP contribution in [0, 0.1) is 10.1 Å². The Labute approximate surface area is 129 Å². The number of rotatable bonds is 3. The number of carbonyl (C=O) groups excluding carboxylic acids is 1. The smallest absolute Gasteiger partial charge is 0.324 e. The Hall–Kier alpha value is -2.52. The van der Waals surface area contributed by atoms with Gasteiger partial charge in [0.05, 0.1) is 10.5 Å². The molecule has 0 radical (unpaired) electrons. The highest BCUT2D eigenvalue weighted by Gasteiger charge is 2.37. The van der Waals surface area contributed by atoms with Crippen molar-refractivity contribution in [2.45, 2.75) is 25.4 Å². The lowest BCUT2D eigenvalue weighted by molar-refractivity contribution is -0.384. The number of nitro benzene ring substituents is 1. The maximum Gasteiger partial charge on any atom is 0.434 e. The lowest BCUT2D eigenvalue weighted by Gasteiger charge is -2.25. The number of amides is 1. The van der Waals surface area contributed by atoms with Crippen molar-refractivity contribution in [2.24, 2.45) is 0 Å². The molecule has 23 heavy (non-hydrogen) atoms. The van der Waals surface area contributed by atoms with Crippen molar-refractivity contribution in [3.63, 3.8) is 0 Å². The minimum absolute atomic E-state index is 0.434. The van der Waals surface area contributed by atoms with E-state index < -0.39 is 34.1 Å². The zero-order chi connectivity index (χ0) is 17.0. The highest BCUT2D eigenvalue weighted by atomic mass is 19.4. The molecule has 0 spiro atoms. The molecule has 1 amide bonds. The molecular weight excluding hydrogens is 319 g/mol. The molecule has 0 aromatic heterocycles. The minimum Gasteiger partial charge on any atom is -0.324 e. The van der Waals surface area contributed by atoms with Gasteiger partial charge in [0.2, 0.25) is 0 Å². The van der Waals surface area contributed by atoms with Gasteiger partial charge in [0.15, 0.2) is 5.69 Å². The summed E-state index contributed by atoms with van der Waals surface area (Å²) in [7, 11) is 0. The SMILES string of the molecule is O=C(ONc1c([N+](=O)[O-])cccc1C(F)(F)F)N1CCCCC1. The molecule has 1 fully saturated rings. The summed E-state index contributed by atoms with van der Waals surface area (Å²) in [6.45, 7) is 0.868. The Morgan fingerprint density at radius 3 is 2.48 bits per heavy atom. The molecule has 0 saturated carbocycles. The third kappa shape index (κ3) is 4.02. The number of para-hydroxylation sites is 1. The van der Waals surface area contributed by atoms with Crippen molar-refractivity contribution in [2.75, 3.05) is 18.6 Å². The summed E-state index contributed by atoms with van der Waals surface area (Å²) in [6, 6.07) is 2.48. The molecule has 10 heteroatoms. The van der Waals surface area contributed by atoms with Gasteiger partial charge >= 0.3 is 12.3 Å². The van der Waals surface area contributed by atoms with Gasteiger partial charge in [-0.25, -0.2) is 10.3 Å². The standard InChI is InChI=1S/C13H14F3N3O4/c14-13(15,16)9-5-4-6-10(19(21)22)11(9)17-23-12(20)18-7-2-1-3-8-18/h4-6,17H,1-3,7-8H2. The van der Waals surface area contributed by atoms with Crippen LogP contribution in [0.5, 0.6) is 0 Å². The first-order valence-corrected chi connectivity index (χ1v) is 6.87. The number of nitro groups is 1. The van der Waals surface area contributed by atoms with Crippen molar-refractivity contribution in [1.82, 2.24) is 4.90 Å². The Bertz CT molecular complexity index is 601. The number of piperidine rings is 1. The summed E-state index contributed by atoms with van der Waals surface area (Å²) in [6.07, 6.45) is -3.19. The number of alkyl halides is 3. The fourth-order valence-electron chi connectivity index (χ4n) is 2.27. The molecule has 0 aliphatic carbocycles. The molecule has 0 atom stereocenters. The van der Waals surface area contributed by atoms with E-state index in [2.05, 4.69) is 4.84 Å². The third-order valence-corrected chi connectivity index (χ3v) is 3.40. The van der Waals surface area contributed by atoms with Gasteiger partial charge in [-0.05, 0) is 25.3 Å². The van der Waals surface area contributed by atoms with Crippen molar-refractivity contribution >= 4 is 17.5 Å². The summed E-state index contributed by atoms with van der Waals surface area (Å²) in [5.74, 6) is 0. The number of benzene rings is 1. The Kier molecular flexibility index (Phi) is 4.92. The molecule has 1 heterocycles. The van der Waals surface area contributed by atoms with Crippen molar-refractivity contribution in [3.8, 4) is 0 Å². The first-order valence-electron chi connectivity index (χ1n) is 6.87. The van der Waals surface area contributed by atoms with E-state index in [0.29, 0.717) is 19.2 Å². The topological polar surface area (TPSA) is 84.7 Å². The summed E-state index contributed by atoms with van der Waals surface area (Å²) < 4.78 is 38.9. The van der Waals surface area contributed by atoms with Gasteiger partial charge in [-0.2, -0.15) is 13.2 Å². The van der Waals surface area contributed by atoms with Gasteiger partial charge in [0.1, 0.15) is 0 Å². The van der Waals surface area contributed by atoms with Crippen LogP contribution in [-0.4, -0.2) is 29.0 Å².